The molecular formula is C11H12BrClO3S. The Morgan fingerprint density at radius 2 is 2.18 bits per heavy atom. The highest BCUT2D eigenvalue weighted by Gasteiger charge is 2.36. The molecule has 1 aromatic carbocycles. The van der Waals surface area contributed by atoms with Crippen LogP contribution in [0.5, 0.6) is 0 Å². The first-order valence-electron chi connectivity index (χ1n) is 5.17. The molecule has 94 valence electrons. The van der Waals surface area contributed by atoms with Crippen molar-refractivity contribution >= 4 is 37.4 Å². The highest BCUT2D eigenvalue weighted by Crippen LogP contribution is 2.23. The van der Waals surface area contributed by atoms with E-state index in [1.54, 1.807) is 6.07 Å². The van der Waals surface area contributed by atoms with Crippen molar-refractivity contribution in [1.29, 1.82) is 0 Å². The van der Waals surface area contributed by atoms with Gasteiger partial charge in [0, 0.05) is 5.02 Å². The number of ether oxygens (including phenoxy) is 1. The van der Waals surface area contributed by atoms with Gasteiger partial charge in [-0.25, -0.2) is 8.42 Å². The summed E-state index contributed by atoms with van der Waals surface area (Å²) in [4.78, 5) is -0.119. The Morgan fingerprint density at radius 3 is 2.76 bits per heavy atom. The van der Waals surface area contributed by atoms with Gasteiger partial charge in [0.05, 0.1) is 29.0 Å². The molecule has 2 rings (SSSR count). The van der Waals surface area contributed by atoms with Crippen LogP contribution in [-0.4, -0.2) is 30.9 Å². The maximum Gasteiger partial charge on any atom is 0.154 e. The molecule has 1 aromatic rings. The fraction of sp³-hybridized carbons (Fsp3) is 0.455. The molecule has 1 aliphatic heterocycles. The summed E-state index contributed by atoms with van der Waals surface area (Å²) in [5, 5.41) is 0.653. The third-order valence-corrected chi connectivity index (χ3v) is 5.87. The van der Waals surface area contributed by atoms with E-state index in [1.165, 1.54) is 0 Å². The van der Waals surface area contributed by atoms with Crippen molar-refractivity contribution < 1.29 is 13.2 Å². The topological polar surface area (TPSA) is 43.4 Å². The maximum atomic E-state index is 11.4. The van der Waals surface area contributed by atoms with Crippen LogP contribution in [0.3, 0.4) is 0 Å². The summed E-state index contributed by atoms with van der Waals surface area (Å²) < 4.78 is 28.4. The number of hydrogen-bond donors (Lipinski definition) is 0. The molecule has 0 aliphatic carbocycles. The molecule has 0 radical (unpaired) electrons. The van der Waals surface area contributed by atoms with Crippen LogP contribution in [-0.2, 0) is 21.2 Å². The summed E-state index contributed by atoms with van der Waals surface area (Å²) in [7, 11) is -2.96. The van der Waals surface area contributed by atoms with Gasteiger partial charge in [0.15, 0.2) is 9.84 Å². The summed E-state index contributed by atoms with van der Waals surface area (Å²) in [6.45, 7) is 0.378. The average Bonchev–Trinajstić information content (AvgIpc) is 2.49. The van der Waals surface area contributed by atoms with Crippen LogP contribution in [0.4, 0.5) is 0 Å². The van der Waals surface area contributed by atoms with Crippen molar-refractivity contribution in [2.45, 2.75) is 17.5 Å². The van der Waals surface area contributed by atoms with Crippen LogP contribution >= 0.6 is 27.5 Å². The van der Waals surface area contributed by atoms with Gasteiger partial charge in [-0.3, -0.25) is 0 Å². The maximum absolute atomic E-state index is 11.4. The van der Waals surface area contributed by atoms with E-state index >= 15 is 0 Å². The summed E-state index contributed by atoms with van der Waals surface area (Å²) in [5.74, 6) is 0.233. The van der Waals surface area contributed by atoms with E-state index < -0.39 is 9.84 Å². The zero-order chi connectivity index (χ0) is 12.5. The summed E-state index contributed by atoms with van der Waals surface area (Å²) in [5.41, 5.74) is 0.946. The standard InChI is InChI=1S/C11H12BrClO3S/c12-10-6-17(14,15)7-11(10)16-5-8-2-1-3-9(13)4-8/h1-4,10-11H,5-7H2. The van der Waals surface area contributed by atoms with Crippen LogP contribution in [0, 0.1) is 0 Å². The first-order valence-corrected chi connectivity index (χ1v) is 8.28. The molecule has 1 saturated heterocycles. The van der Waals surface area contributed by atoms with E-state index in [4.69, 9.17) is 16.3 Å². The fourth-order valence-electron chi connectivity index (χ4n) is 1.76. The molecule has 0 spiro atoms. The zero-order valence-electron chi connectivity index (χ0n) is 8.97. The molecule has 0 aromatic heterocycles. The van der Waals surface area contributed by atoms with Crippen molar-refractivity contribution in [2.24, 2.45) is 0 Å². The Bertz CT molecular complexity index is 503. The number of rotatable bonds is 3. The SMILES string of the molecule is O=S1(=O)CC(Br)C(OCc2cccc(Cl)c2)C1. The normalized spacial score (nSPS) is 27.2. The minimum atomic E-state index is -2.96. The number of sulfone groups is 1. The van der Waals surface area contributed by atoms with E-state index in [1.807, 2.05) is 18.2 Å². The quantitative estimate of drug-likeness (QED) is 0.794. The van der Waals surface area contributed by atoms with Gasteiger partial charge < -0.3 is 4.74 Å². The van der Waals surface area contributed by atoms with Crippen LogP contribution in [0.15, 0.2) is 24.3 Å². The molecule has 0 N–H and O–H groups in total. The van der Waals surface area contributed by atoms with Crippen molar-refractivity contribution in [1.82, 2.24) is 0 Å². The van der Waals surface area contributed by atoms with Crippen LogP contribution < -0.4 is 0 Å². The highest BCUT2D eigenvalue weighted by molar-refractivity contribution is 9.09. The van der Waals surface area contributed by atoms with Crippen LogP contribution in [0.25, 0.3) is 0 Å². The average molecular weight is 340 g/mol. The fourth-order valence-corrected chi connectivity index (χ4v) is 5.43. The van der Waals surface area contributed by atoms with Crippen molar-refractivity contribution in [3.05, 3.63) is 34.9 Å². The van der Waals surface area contributed by atoms with Crippen molar-refractivity contribution in [2.75, 3.05) is 11.5 Å². The molecule has 2 unspecified atom stereocenters. The lowest BCUT2D eigenvalue weighted by Gasteiger charge is -2.13. The van der Waals surface area contributed by atoms with Gasteiger partial charge >= 0.3 is 0 Å². The molecule has 6 heteroatoms. The number of benzene rings is 1. The first kappa shape index (κ1) is 13.3. The van der Waals surface area contributed by atoms with E-state index in [-0.39, 0.29) is 22.4 Å². The molecule has 0 amide bonds. The van der Waals surface area contributed by atoms with Gasteiger partial charge in [0.25, 0.3) is 0 Å². The van der Waals surface area contributed by atoms with Gasteiger partial charge in [0.1, 0.15) is 0 Å². The predicted molar refractivity (Wildman–Crippen MR) is 71.4 cm³/mol. The lowest BCUT2D eigenvalue weighted by Crippen LogP contribution is -2.22. The van der Waals surface area contributed by atoms with Crippen LogP contribution in [0.2, 0.25) is 5.02 Å². The molecule has 1 aliphatic rings. The van der Waals surface area contributed by atoms with Gasteiger partial charge in [0.2, 0.25) is 0 Å². The lowest BCUT2D eigenvalue weighted by molar-refractivity contribution is 0.0625. The number of alkyl halides is 1. The van der Waals surface area contributed by atoms with Crippen LogP contribution in [0.1, 0.15) is 5.56 Å². The monoisotopic (exact) mass is 338 g/mol. The summed E-state index contributed by atoms with van der Waals surface area (Å²) in [6.07, 6.45) is -0.279. The zero-order valence-corrected chi connectivity index (χ0v) is 12.1. The third-order valence-electron chi connectivity index (χ3n) is 2.59. The van der Waals surface area contributed by atoms with E-state index in [0.29, 0.717) is 11.6 Å². The highest BCUT2D eigenvalue weighted by atomic mass is 79.9. The molecule has 1 fully saturated rings. The number of halogens is 2. The minimum Gasteiger partial charge on any atom is -0.371 e. The summed E-state index contributed by atoms with van der Waals surface area (Å²) in [6, 6.07) is 7.35. The lowest BCUT2D eigenvalue weighted by atomic mass is 10.2. The third kappa shape index (κ3) is 3.68. The molecule has 2 atom stereocenters. The second kappa shape index (κ2) is 5.26. The molecule has 17 heavy (non-hydrogen) atoms. The Balaban J connectivity index is 1.95. The van der Waals surface area contributed by atoms with Gasteiger partial charge in [-0.05, 0) is 17.7 Å². The predicted octanol–water partition coefficient (Wildman–Crippen LogP) is 2.42. The van der Waals surface area contributed by atoms with Gasteiger partial charge in [-0.1, -0.05) is 39.7 Å². The van der Waals surface area contributed by atoms with E-state index in [9.17, 15) is 8.42 Å². The largest absolute Gasteiger partial charge is 0.371 e. The Kier molecular flexibility index (Phi) is 4.13. The molecule has 3 nitrogen and oxygen atoms in total. The molecule has 0 bridgehead atoms. The minimum absolute atomic E-state index is 0.0868. The second-order valence-electron chi connectivity index (χ2n) is 4.07. The smallest absolute Gasteiger partial charge is 0.154 e. The second-order valence-corrected chi connectivity index (χ2v) is 7.84. The Hall–Kier alpha value is -0.100. The molecular weight excluding hydrogens is 328 g/mol. The Labute approximate surface area is 114 Å². The van der Waals surface area contributed by atoms with Gasteiger partial charge in [-0.2, -0.15) is 0 Å². The van der Waals surface area contributed by atoms with Crippen molar-refractivity contribution in [3.8, 4) is 0 Å². The first-order chi connectivity index (χ1) is 7.96. The van der Waals surface area contributed by atoms with E-state index in [0.717, 1.165) is 5.56 Å². The molecule has 0 saturated carbocycles. The Morgan fingerprint density at radius 1 is 1.41 bits per heavy atom. The van der Waals surface area contributed by atoms with Gasteiger partial charge in [-0.15, -0.1) is 0 Å². The van der Waals surface area contributed by atoms with Crippen molar-refractivity contribution in [3.63, 3.8) is 0 Å². The summed E-state index contributed by atoms with van der Waals surface area (Å²) >= 11 is 9.19. The number of hydrogen-bond acceptors (Lipinski definition) is 3. The van der Waals surface area contributed by atoms with E-state index in [2.05, 4.69) is 15.9 Å². The molecule has 1 heterocycles.